The van der Waals surface area contributed by atoms with Crippen molar-refractivity contribution in [1.82, 2.24) is 5.32 Å². The van der Waals surface area contributed by atoms with E-state index < -0.39 is 83.2 Å². The summed E-state index contributed by atoms with van der Waals surface area (Å²) in [6.07, 6.45) is -3.28. The van der Waals surface area contributed by atoms with Crippen LogP contribution < -0.4 is 11.1 Å². The molecule has 1 aliphatic carbocycles. The second kappa shape index (κ2) is 18.9. The quantitative estimate of drug-likeness (QED) is 0.203. The Bertz CT molecular complexity index is 1380. The number of nitrogens with one attached hydrogen (secondary N) is 1. The van der Waals surface area contributed by atoms with Gasteiger partial charge in [0.05, 0.1) is 42.8 Å². The van der Waals surface area contributed by atoms with Gasteiger partial charge in [0.25, 0.3) is 5.91 Å². The molecule has 0 spiro atoms. The van der Waals surface area contributed by atoms with Gasteiger partial charge in [0.1, 0.15) is 6.10 Å². The van der Waals surface area contributed by atoms with E-state index in [9.17, 15) is 34.2 Å². The van der Waals surface area contributed by atoms with E-state index in [-0.39, 0.29) is 54.9 Å². The maximum Gasteiger partial charge on any atom is 0.405 e. The van der Waals surface area contributed by atoms with Crippen LogP contribution in [0.1, 0.15) is 66.7 Å². The Morgan fingerprint density at radius 1 is 1.04 bits per heavy atom. The van der Waals surface area contributed by atoms with Gasteiger partial charge in [-0.25, -0.2) is 4.79 Å². The highest BCUT2D eigenvalue weighted by molar-refractivity contribution is 6.27. The van der Waals surface area contributed by atoms with Crippen molar-refractivity contribution in [1.29, 1.82) is 0 Å². The molecule has 0 fully saturated rings. The second-order valence-electron chi connectivity index (χ2n) is 12.7. The van der Waals surface area contributed by atoms with E-state index >= 15 is 0 Å². The number of fused-ring (bicyclic) bond motifs is 2. The van der Waals surface area contributed by atoms with E-state index in [1.54, 1.807) is 32.9 Å². The molecule has 1 aliphatic heterocycles. The molecule has 1 heterocycles. The summed E-state index contributed by atoms with van der Waals surface area (Å²) < 4.78 is 27.6. The molecule has 0 unspecified atom stereocenters. The number of nitrogens with two attached hydrogens (primary N) is 1. The van der Waals surface area contributed by atoms with Gasteiger partial charge < -0.3 is 44.9 Å². The number of aliphatic hydroxyl groups excluding tert-OH is 2. The fourth-order valence-corrected chi connectivity index (χ4v) is 6.23. The van der Waals surface area contributed by atoms with Crippen LogP contribution in [0.5, 0.6) is 0 Å². The number of allylic oxidation sites excluding steroid dienone is 3. The number of rotatable bonds is 9. The zero-order valence-corrected chi connectivity index (χ0v) is 29.9. The molecule has 49 heavy (non-hydrogen) atoms. The van der Waals surface area contributed by atoms with Crippen molar-refractivity contribution in [3.8, 4) is 0 Å². The Balaban J connectivity index is 2.77. The molecule has 2 amide bonds. The molecule has 2 bridgehead atoms. The van der Waals surface area contributed by atoms with E-state index in [0.717, 1.165) is 0 Å². The Hall–Kier alpha value is -3.69. The number of aliphatic hydroxyl groups is 2. The summed E-state index contributed by atoms with van der Waals surface area (Å²) in [7, 11) is 5.29. The van der Waals surface area contributed by atoms with E-state index in [2.05, 4.69) is 5.32 Å². The van der Waals surface area contributed by atoms with Crippen molar-refractivity contribution in [3.05, 3.63) is 45.9 Å². The van der Waals surface area contributed by atoms with Gasteiger partial charge in [0.15, 0.2) is 17.6 Å². The first-order valence-corrected chi connectivity index (χ1v) is 16.2. The predicted octanol–water partition coefficient (Wildman–Crippen LogP) is 2.36. The second-order valence-corrected chi connectivity index (χ2v) is 12.7. The summed E-state index contributed by atoms with van der Waals surface area (Å²) >= 11 is 0. The summed E-state index contributed by atoms with van der Waals surface area (Å²) in [6, 6.07) is 0. The normalized spacial score (nSPS) is 30.1. The molecule has 0 saturated carbocycles. The van der Waals surface area contributed by atoms with Crippen LogP contribution in [0.2, 0.25) is 0 Å². The van der Waals surface area contributed by atoms with Gasteiger partial charge >= 0.3 is 6.09 Å². The van der Waals surface area contributed by atoms with Crippen LogP contribution in [0.25, 0.3) is 0 Å². The van der Waals surface area contributed by atoms with Crippen LogP contribution in [-0.2, 0) is 42.9 Å². The number of carbonyl (C=O) groups excluding carboxylic acids is 5. The summed E-state index contributed by atoms with van der Waals surface area (Å²) in [4.78, 5) is 66.8. The van der Waals surface area contributed by atoms with Crippen LogP contribution in [0.15, 0.2) is 45.9 Å². The molecule has 14 heteroatoms. The molecular formula is C35H52N2O12. The largest absolute Gasteiger partial charge is 0.492 e. The third kappa shape index (κ3) is 10.6. The van der Waals surface area contributed by atoms with Gasteiger partial charge in [-0.15, -0.1) is 0 Å². The van der Waals surface area contributed by atoms with E-state index in [4.69, 9.17) is 29.4 Å². The smallest absolute Gasteiger partial charge is 0.405 e. The monoisotopic (exact) mass is 692 g/mol. The van der Waals surface area contributed by atoms with Crippen molar-refractivity contribution in [2.24, 2.45) is 17.6 Å². The zero-order chi connectivity index (χ0) is 37.2. The van der Waals surface area contributed by atoms with Crippen molar-refractivity contribution in [2.75, 3.05) is 28.4 Å². The van der Waals surface area contributed by atoms with Crippen molar-refractivity contribution >= 4 is 29.4 Å². The Labute approximate surface area is 287 Å². The number of primary amides is 1. The highest BCUT2D eigenvalue weighted by Crippen LogP contribution is 2.34. The molecule has 2 aliphatic rings. The summed E-state index contributed by atoms with van der Waals surface area (Å²) in [5, 5.41) is 23.8. The fraction of sp³-hybridized carbons (Fsp3) is 0.629. The van der Waals surface area contributed by atoms with Gasteiger partial charge in [0, 0.05) is 44.8 Å². The molecular weight excluding hydrogens is 640 g/mol. The number of ether oxygens (including phenoxy) is 5. The molecule has 0 aromatic rings. The molecule has 2 rings (SSSR count). The lowest BCUT2D eigenvalue weighted by atomic mass is 9.82. The van der Waals surface area contributed by atoms with Crippen molar-refractivity contribution in [3.63, 3.8) is 0 Å². The molecule has 14 nitrogen and oxygen atoms in total. The SMILES string of the molecule is COC1=C2C[C@@H](C)C[C@H](OC)[C@H](O)[C@@H](C)/C=C(\C)[C@H](OC(N)=O)[C@@H](OC)CC/C=C(\C)C(=O)NC(=C([C@H](OC)C(=O)C[C@@H](C)O)C1=O)C2=O. The van der Waals surface area contributed by atoms with Crippen LogP contribution in [0.4, 0.5) is 4.79 Å². The van der Waals surface area contributed by atoms with Gasteiger partial charge in [-0.2, -0.15) is 0 Å². The first-order chi connectivity index (χ1) is 23.0. The average Bonchev–Trinajstić information content (AvgIpc) is 3.03. The van der Waals surface area contributed by atoms with Gasteiger partial charge in [0.2, 0.25) is 11.6 Å². The number of Topliss-reactive ketones (excluding diaryl/α,β-unsaturated/α-hetero) is 3. The van der Waals surface area contributed by atoms with Crippen LogP contribution in [0, 0.1) is 11.8 Å². The number of carbonyl (C=O) groups is 5. The number of amides is 2. The topological polar surface area (TPSA) is 210 Å². The average molecular weight is 693 g/mol. The Morgan fingerprint density at radius 3 is 2.20 bits per heavy atom. The lowest BCUT2D eigenvalue weighted by Crippen LogP contribution is -2.42. The summed E-state index contributed by atoms with van der Waals surface area (Å²) in [5.74, 6) is -4.12. The van der Waals surface area contributed by atoms with Crippen LogP contribution in [0.3, 0.4) is 0 Å². The number of hydrogen-bond donors (Lipinski definition) is 4. The molecule has 0 aromatic carbocycles. The number of methoxy groups -OCH3 is 4. The van der Waals surface area contributed by atoms with Crippen LogP contribution in [-0.4, -0.2) is 105 Å². The third-order valence-electron chi connectivity index (χ3n) is 8.75. The lowest BCUT2D eigenvalue weighted by Gasteiger charge is -2.31. The van der Waals surface area contributed by atoms with Crippen molar-refractivity contribution in [2.45, 2.75) is 103 Å². The maximum absolute atomic E-state index is 14.2. The first-order valence-electron chi connectivity index (χ1n) is 16.2. The highest BCUT2D eigenvalue weighted by atomic mass is 16.6. The molecule has 5 N–H and O–H groups in total. The molecule has 0 radical (unpaired) electrons. The van der Waals surface area contributed by atoms with Gasteiger partial charge in [-0.05, 0) is 57.9 Å². The van der Waals surface area contributed by atoms with Gasteiger partial charge in [-0.3, -0.25) is 19.2 Å². The first kappa shape index (κ1) is 41.5. The summed E-state index contributed by atoms with van der Waals surface area (Å²) in [5.41, 5.74) is 5.28. The Kier molecular flexibility index (Phi) is 16.0. The minimum Gasteiger partial charge on any atom is -0.492 e. The van der Waals surface area contributed by atoms with Crippen molar-refractivity contribution < 1.29 is 57.9 Å². The minimum atomic E-state index is -1.59. The molecule has 8 atom stereocenters. The fourth-order valence-electron chi connectivity index (χ4n) is 6.23. The van der Waals surface area contributed by atoms with Gasteiger partial charge in [-0.1, -0.05) is 26.0 Å². The maximum atomic E-state index is 14.2. The minimum absolute atomic E-state index is 0.00559. The predicted molar refractivity (Wildman–Crippen MR) is 178 cm³/mol. The molecule has 274 valence electrons. The standard InChI is InChI=1S/C35H52N2O12/c1-17-13-22-29(41)27(26(30(42)32(22)47-8)33(48-9)23(39)16-21(5)38)37-34(43)18(2)11-10-12-24(45-6)31(49-35(36)44)20(4)15-19(3)28(40)25(14-17)46-7/h11,15,17,19,21,24-25,28,31,33,38,40H,10,12-14,16H2,1-9H3,(H2,36,44)(H,37,43)/b18-11+,20-15+/t17-,19+,21-,24+,25+,28-,31+,33-/m1/s1. The zero-order valence-electron chi connectivity index (χ0n) is 29.9. The third-order valence-corrected chi connectivity index (χ3v) is 8.75. The van der Waals surface area contributed by atoms with Crippen LogP contribution >= 0.6 is 0 Å². The van der Waals surface area contributed by atoms with E-state index in [0.29, 0.717) is 5.57 Å². The van der Waals surface area contributed by atoms with E-state index in [1.165, 1.54) is 42.3 Å². The van der Waals surface area contributed by atoms with E-state index in [1.807, 2.05) is 0 Å². The highest BCUT2D eigenvalue weighted by Gasteiger charge is 2.43. The lowest BCUT2D eigenvalue weighted by molar-refractivity contribution is -0.131. The molecule has 0 aromatic heterocycles. The number of ketones is 3. The number of hydrogen-bond acceptors (Lipinski definition) is 12. The Morgan fingerprint density at radius 2 is 1.67 bits per heavy atom. The summed E-state index contributed by atoms with van der Waals surface area (Å²) in [6.45, 7) is 8.22. The molecule has 0 saturated heterocycles.